The van der Waals surface area contributed by atoms with Gasteiger partial charge < -0.3 is 10.0 Å². The fraction of sp³-hybridized carbons (Fsp3) is 0.625. The predicted octanol–water partition coefficient (Wildman–Crippen LogP) is 2.02. The minimum Gasteiger partial charge on any atom is -0.508 e. The lowest BCUT2D eigenvalue weighted by Crippen LogP contribution is -2.44. The zero-order valence-electron chi connectivity index (χ0n) is 11.9. The molecule has 1 aliphatic carbocycles. The van der Waals surface area contributed by atoms with Crippen LogP contribution in [0, 0.1) is 0 Å². The van der Waals surface area contributed by atoms with Gasteiger partial charge in [-0.25, -0.2) is 0 Å². The molecule has 0 spiro atoms. The minimum atomic E-state index is 0.500. The van der Waals surface area contributed by atoms with Gasteiger partial charge in [0.05, 0.1) is 0 Å². The van der Waals surface area contributed by atoms with Crippen LogP contribution in [0.4, 0.5) is 0 Å². The molecule has 1 heterocycles. The molecule has 3 nitrogen and oxygen atoms in total. The summed E-state index contributed by atoms with van der Waals surface area (Å²) in [5.41, 5.74) is 4.10. The Kier molecular flexibility index (Phi) is 3.76. The number of aromatic hydroxyl groups is 1. The number of aryl methyl sites for hydroxylation is 1. The van der Waals surface area contributed by atoms with Crippen molar-refractivity contribution in [3.8, 4) is 5.75 Å². The molecule has 19 heavy (non-hydrogen) atoms. The molecule has 0 unspecified atom stereocenters. The standard InChI is InChI=1S/C16H24N2O/c1-17-8-10-18(11-9-17)12-15-14-5-3-2-4-13(14)6-7-16(15)19/h6-7,19H,2-5,8-12H2,1H3. The lowest BCUT2D eigenvalue weighted by Gasteiger charge is -2.33. The topological polar surface area (TPSA) is 26.7 Å². The number of hydrogen-bond donors (Lipinski definition) is 1. The molecule has 0 radical (unpaired) electrons. The number of fused-ring (bicyclic) bond motifs is 1. The Balaban J connectivity index is 1.80. The van der Waals surface area contributed by atoms with Gasteiger partial charge in [-0.15, -0.1) is 0 Å². The highest BCUT2D eigenvalue weighted by atomic mass is 16.3. The normalized spacial score (nSPS) is 21.3. The van der Waals surface area contributed by atoms with Crippen molar-refractivity contribution < 1.29 is 5.11 Å². The molecule has 0 atom stereocenters. The molecule has 0 amide bonds. The lowest BCUT2D eigenvalue weighted by atomic mass is 9.87. The van der Waals surface area contributed by atoms with E-state index in [1.54, 1.807) is 0 Å². The van der Waals surface area contributed by atoms with Gasteiger partial charge in [-0.05, 0) is 49.9 Å². The lowest BCUT2D eigenvalue weighted by molar-refractivity contribution is 0.147. The van der Waals surface area contributed by atoms with E-state index in [9.17, 15) is 5.11 Å². The molecular formula is C16H24N2O. The molecule has 1 aromatic carbocycles. The van der Waals surface area contributed by atoms with E-state index in [0.29, 0.717) is 5.75 Å². The van der Waals surface area contributed by atoms with E-state index in [0.717, 1.165) is 39.1 Å². The Labute approximate surface area is 115 Å². The Morgan fingerprint density at radius 3 is 2.58 bits per heavy atom. The highest BCUT2D eigenvalue weighted by Gasteiger charge is 2.20. The summed E-state index contributed by atoms with van der Waals surface area (Å²) in [4.78, 5) is 4.85. The second-order valence-corrected chi connectivity index (χ2v) is 5.99. The maximum Gasteiger partial charge on any atom is 0.120 e. The third-order valence-corrected chi connectivity index (χ3v) is 4.60. The van der Waals surface area contributed by atoms with E-state index in [2.05, 4.69) is 22.9 Å². The molecule has 1 fully saturated rings. The van der Waals surface area contributed by atoms with Crippen molar-refractivity contribution in [1.82, 2.24) is 9.80 Å². The zero-order chi connectivity index (χ0) is 13.2. The summed E-state index contributed by atoms with van der Waals surface area (Å²) in [6.07, 6.45) is 4.90. The summed E-state index contributed by atoms with van der Waals surface area (Å²) in [5.74, 6) is 0.500. The zero-order valence-corrected chi connectivity index (χ0v) is 11.9. The number of likely N-dealkylation sites (N-methyl/N-ethyl adjacent to an activating group) is 1. The number of rotatable bonds is 2. The van der Waals surface area contributed by atoms with Crippen molar-refractivity contribution in [1.29, 1.82) is 0 Å². The van der Waals surface area contributed by atoms with E-state index >= 15 is 0 Å². The molecule has 3 rings (SSSR count). The Morgan fingerprint density at radius 1 is 1.05 bits per heavy atom. The Morgan fingerprint density at radius 2 is 1.79 bits per heavy atom. The molecule has 1 aromatic rings. The largest absolute Gasteiger partial charge is 0.508 e. The average Bonchev–Trinajstić information content (AvgIpc) is 2.44. The second kappa shape index (κ2) is 5.51. The van der Waals surface area contributed by atoms with Crippen LogP contribution in [0.2, 0.25) is 0 Å². The predicted molar refractivity (Wildman–Crippen MR) is 77.5 cm³/mol. The molecule has 0 aromatic heterocycles. The number of nitrogens with zero attached hydrogens (tertiary/aromatic N) is 2. The Bertz CT molecular complexity index is 450. The van der Waals surface area contributed by atoms with Gasteiger partial charge in [0.15, 0.2) is 0 Å². The molecule has 0 saturated carbocycles. The van der Waals surface area contributed by atoms with Crippen LogP contribution in [0.5, 0.6) is 5.75 Å². The monoisotopic (exact) mass is 260 g/mol. The van der Waals surface area contributed by atoms with E-state index < -0.39 is 0 Å². The van der Waals surface area contributed by atoms with Crippen LogP contribution in [-0.4, -0.2) is 48.1 Å². The van der Waals surface area contributed by atoms with Gasteiger partial charge in [0, 0.05) is 38.3 Å². The maximum absolute atomic E-state index is 10.2. The van der Waals surface area contributed by atoms with Crippen LogP contribution in [-0.2, 0) is 19.4 Å². The molecule has 2 aliphatic rings. The van der Waals surface area contributed by atoms with E-state index in [1.807, 2.05) is 6.07 Å². The van der Waals surface area contributed by atoms with E-state index in [4.69, 9.17) is 0 Å². The molecule has 104 valence electrons. The first kappa shape index (κ1) is 12.9. The van der Waals surface area contributed by atoms with Crippen molar-refractivity contribution in [2.45, 2.75) is 32.2 Å². The van der Waals surface area contributed by atoms with Crippen LogP contribution in [0.15, 0.2) is 12.1 Å². The summed E-state index contributed by atoms with van der Waals surface area (Å²) < 4.78 is 0. The highest BCUT2D eigenvalue weighted by Crippen LogP contribution is 2.31. The average molecular weight is 260 g/mol. The molecule has 3 heteroatoms. The van der Waals surface area contributed by atoms with E-state index in [1.165, 1.54) is 36.0 Å². The number of phenols is 1. The SMILES string of the molecule is CN1CCN(Cc2c(O)ccc3c2CCCC3)CC1. The number of hydrogen-bond acceptors (Lipinski definition) is 3. The van der Waals surface area contributed by atoms with Crippen molar-refractivity contribution in [2.24, 2.45) is 0 Å². The van der Waals surface area contributed by atoms with Crippen LogP contribution < -0.4 is 0 Å². The smallest absolute Gasteiger partial charge is 0.120 e. The van der Waals surface area contributed by atoms with Gasteiger partial charge in [0.2, 0.25) is 0 Å². The first-order chi connectivity index (χ1) is 9.24. The number of benzene rings is 1. The van der Waals surface area contributed by atoms with E-state index in [-0.39, 0.29) is 0 Å². The number of phenolic OH excluding ortho intramolecular Hbond substituents is 1. The van der Waals surface area contributed by atoms with Crippen molar-refractivity contribution in [2.75, 3.05) is 33.2 Å². The van der Waals surface area contributed by atoms with Crippen LogP contribution in [0.25, 0.3) is 0 Å². The van der Waals surface area contributed by atoms with Gasteiger partial charge in [-0.1, -0.05) is 6.07 Å². The van der Waals surface area contributed by atoms with Gasteiger partial charge in [0.1, 0.15) is 5.75 Å². The van der Waals surface area contributed by atoms with Crippen LogP contribution in [0.1, 0.15) is 29.5 Å². The summed E-state index contributed by atoms with van der Waals surface area (Å²) in [7, 11) is 2.18. The third kappa shape index (κ3) is 2.77. The summed E-state index contributed by atoms with van der Waals surface area (Å²) in [5, 5.41) is 10.2. The molecule has 1 N–H and O–H groups in total. The van der Waals surface area contributed by atoms with Crippen LogP contribution in [0.3, 0.4) is 0 Å². The molecule has 0 bridgehead atoms. The van der Waals surface area contributed by atoms with Crippen molar-refractivity contribution in [3.63, 3.8) is 0 Å². The van der Waals surface area contributed by atoms with Crippen LogP contribution >= 0.6 is 0 Å². The van der Waals surface area contributed by atoms with Crippen molar-refractivity contribution in [3.05, 3.63) is 28.8 Å². The first-order valence-electron chi connectivity index (χ1n) is 7.47. The summed E-state index contributed by atoms with van der Waals surface area (Å²) in [6, 6.07) is 4.02. The third-order valence-electron chi connectivity index (χ3n) is 4.60. The fourth-order valence-corrected chi connectivity index (χ4v) is 3.30. The Hall–Kier alpha value is -1.06. The molecule has 1 aliphatic heterocycles. The molecule has 1 saturated heterocycles. The van der Waals surface area contributed by atoms with Gasteiger partial charge in [-0.3, -0.25) is 4.90 Å². The minimum absolute atomic E-state index is 0.500. The quantitative estimate of drug-likeness (QED) is 0.881. The second-order valence-electron chi connectivity index (χ2n) is 5.99. The molecular weight excluding hydrogens is 236 g/mol. The van der Waals surface area contributed by atoms with Gasteiger partial charge in [0.25, 0.3) is 0 Å². The van der Waals surface area contributed by atoms with Gasteiger partial charge in [-0.2, -0.15) is 0 Å². The maximum atomic E-state index is 10.2. The first-order valence-corrected chi connectivity index (χ1v) is 7.47. The van der Waals surface area contributed by atoms with Gasteiger partial charge >= 0.3 is 0 Å². The summed E-state index contributed by atoms with van der Waals surface area (Å²) >= 11 is 0. The summed E-state index contributed by atoms with van der Waals surface area (Å²) in [6.45, 7) is 5.41. The fourth-order valence-electron chi connectivity index (χ4n) is 3.30. The number of piperazine rings is 1. The van der Waals surface area contributed by atoms with Crippen molar-refractivity contribution >= 4 is 0 Å². The highest BCUT2D eigenvalue weighted by molar-refractivity contribution is 5.45.